The number of urea groups is 1. The lowest BCUT2D eigenvalue weighted by Gasteiger charge is -2.19. The lowest BCUT2D eigenvalue weighted by atomic mass is 10.1. The van der Waals surface area contributed by atoms with Gasteiger partial charge in [0.25, 0.3) is 0 Å². The zero-order valence-electron chi connectivity index (χ0n) is 16.7. The summed E-state index contributed by atoms with van der Waals surface area (Å²) in [4.78, 5) is 14.1. The number of benzene rings is 2. The van der Waals surface area contributed by atoms with Crippen molar-refractivity contribution in [3.05, 3.63) is 54.1 Å². The summed E-state index contributed by atoms with van der Waals surface area (Å²) in [6.45, 7) is 5.56. The molecule has 0 aliphatic rings. The molecule has 0 saturated carbocycles. The van der Waals surface area contributed by atoms with Crippen molar-refractivity contribution in [2.45, 2.75) is 33.2 Å². The van der Waals surface area contributed by atoms with Crippen molar-refractivity contribution in [1.29, 1.82) is 0 Å². The van der Waals surface area contributed by atoms with Gasteiger partial charge in [-0.1, -0.05) is 44.2 Å². The second-order valence-corrected chi connectivity index (χ2v) is 7.02. The number of hydrogen-bond donors (Lipinski definition) is 1. The molecular formula is C22H30N2O3. The highest BCUT2D eigenvalue weighted by atomic mass is 16.5. The van der Waals surface area contributed by atoms with E-state index in [9.17, 15) is 4.79 Å². The van der Waals surface area contributed by atoms with Gasteiger partial charge in [-0.15, -0.1) is 0 Å². The van der Waals surface area contributed by atoms with E-state index < -0.39 is 0 Å². The van der Waals surface area contributed by atoms with Gasteiger partial charge in [0.05, 0.1) is 13.7 Å². The van der Waals surface area contributed by atoms with E-state index in [4.69, 9.17) is 9.47 Å². The second-order valence-electron chi connectivity index (χ2n) is 7.02. The Labute approximate surface area is 162 Å². The normalized spacial score (nSPS) is 10.6. The van der Waals surface area contributed by atoms with Crippen LogP contribution in [0, 0.1) is 5.92 Å². The molecular weight excluding hydrogens is 340 g/mol. The third-order valence-corrected chi connectivity index (χ3v) is 4.21. The number of nitrogens with zero attached hydrogens (tertiary/aromatic N) is 1. The molecule has 0 atom stereocenters. The van der Waals surface area contributed by atoms with E-state index in [0.29, 0.717) is 36.3 Å². The van der Waals surface area contributed by atoms with Crippen LogP contribution in [0.3, 0.4) is 0 Å². The lowest BCUT2D eigenvalue weighted by molar-refractivity contribution is 0.220. The maximum absolute atomic E-state index is 12.5. The zero-order valence-corrected chi connectivity index (χ0v) is 16.7. The first-order valence-corrected chi connectivity index (χ1v) is 9.36. The lowest BCUT2D eigenvalue weighted by Crippen LogP contribution is -2.30. The van der Waals surface area contributed by atoms with Crippen molar-refractivity contribution in [1.82, 2.24) is 4.90 Å². The molecule has 5 nitrogen and oxygen atoms in total. The molecule has 0 heterocycles. The molecule has 27 heavy (non-hydrogen) atoms. The standard InChI is InChI=1S/C22H30N2O3/c1-17(2)9-8-14-27-21-15-19(12-13-20(21)26-4)23-22(25)24(3)16-18-10-6-5-7-11-18/h5-7,10-13,15,17H,8-9,14,16H2,1-4H3,(H,23,25). The molecule has 0 aromatic heterocycles. The molecule has 0 radical (unpaired) electrons. The van der Waals surface area contributed by atoms with Crippen molar-refractivity contribution < 1.29 is 14.3 Å². The van der Waals surface area contributed by atoms with E-state index in [1.165, 1.54) is 0 Å². The summed E-state index contributed by atoms with van der Waals surface area (Å²) in [5.74, 6) is 1.96. The number of nitrogens with one attached hydrogen (secondary N) is 1. The Morgan fingerprint density at radius 2 is 1.85 bits per heavy atom. The number of amides is 2. The number of carbonyl (C=O) groups excluding carboxylic acids is 1. The molecule has 5 heteroatoms. The van der Waals surface area contributed by atoms with Gasteiger partial charge in [0, 0.05) is 25.3 Å². The summed E-state index contributed by atoms with van der Waals surface area (Å²) in [7, 11) is 3.39. The highest BCUT2D eigenvalue weighted by Gasteiger charge is 2.12. The van der Waals surface area contributed by atoms with Crippen LogP contribution >= 0.6 is 0 Å². The molecule has 0 spiro atoms. The fourth-order valence-corrected chi connectivity index (χ4v) is 2.69. The summed E-state index contributed by atoms with van der Waals surface area (Å²) in [6.07, 6.45) is 2.10. The third kappa shape index (κ3) is 6.85. The van der Waals surface area contributed by atoms with Gasteiger partial charge >= 0.3 is 6.03 Å². The first kappa shape index (κ1) is 20.6. The molecule has 2 amide bonds. The Kier molecular flexibility index (Phi) is 7.99. The Morgan fingerprint density at radius 3 is 2.52 bits per heavy atom. The maximum atomic E-state index is 12.5. The summed E-state index contributed by atoms with van der Waals surface area (Å²) >= 11 is 0. The average molecular weight is 370 g/mol. The quantitative estimate of drug-likeness (QED) is 0.619. The first-order valence-electron chi connectivity index (χ1n) is 9.36. The number of rotatable bonds is 9. The molecule has 0 fully saturated rings. The minimum atomic E-state index is -0.172. The number of anilines is 1. The minimum Gasteiger partial charge on any atom is -0.493 e. The summed E-state index contributed by atoms with van der Waals surface area (Å²) in [6, 6.07) is 15.2. The van der Waals surface area contributed by atoms with Crippen molar-refractivity contribution in [2.24, 2.45) is 5.92 Å². The fourth-order valence-electron chi connectivity index (χ4n) is 2.69. The monoisotopic (exact) mass is 370 g/mol. The molecule has 0 saturated heterocycles. The molecule has 1 N–H and O–H groups in total. The van der Waals surface area contributed by atoms with Crippen LogP contribution in [0.2, 0.25) is 0 Å². The number of methoxy groups -OCH3 is 1. The van der Waals surface area contributed by atoms with Crippen LogP contribution in [0.5, 0.6) is 11.5 Å². The molecule has 0 aliphatic carbocycles. The molecule has 0 bridgehead atoms. The smallest absolute Gasteiger partial charge is 0.321 e. The van der Waals surface area contributed by atoms with Crippen LogP contribution in [-0.4, -0.2) is 31.7 Å². The summed E-state index contributed by atoms with van der Waals surface area (Å²) in [5.41, 5.74) is 1.76. The zero-order chi connectivity index (χ0) is 19.6. The molecule has 2 aromatic rings. The van der Waals surface area contributed by atoms with Crippen LogP contribution in [0.1, 0.15) is 32.3 Å². The Bertz CT molecular complexity index is 717. The van der Waals surface area contributed by atoms with Gasteiger partial charge in [-0.05, 0) is 36.5 Å². The van der Waals surface area contributed by atoms with E-state index in [1.807, 2.05) is 48.5 Å². The molecule has 146 valence electrons. The molecule has 0 aliphatic heterocycles. The van der Waals surface area contributed by atoms with E-state index in [0.717, 1.165) is 18.4 Å². The van der Waals surface area contributed by atoms with E-state index in [1.54, 1.807) is 19.1 Å². The van der Waals surface area contributed by atoms with Gasteiger partial charge in [-0.25, -0.2) is 4.79 Å². The number of ether oxygens (including phenoxy) is 2. The maximum Gasteiger partial charge on any atom is 0.321 e. The third-order valence-electron chi connectivity index (χ3n) is 4.21. The largest absolute Gasteiger partial charge is 0.493 e. The topological polar surface area (TPSA) is 50.8 Å². The highest BCUT2D eigenvalue weighted by Crippen LogP contribution is 2.30. The summed E-state index contributed by atoms with van der Waals surface area (Å²) < 4.78 is 11.2. The van der Waals surface area contributed by atoms with Crippen LogP contribution < -0.4 is 14.8 Å². The van der Waals surface area contributed by atoms with Crippen LogP contribution in [0.15, 0.2) is 48.5 Å². The summed E-state index contributed by atoms with van der Waals surface area (Å²) in [5, 5.41) is 2.91. The predicted molar refractivity (Wildman–Crippen MR) is 109 cm³/mol. The highest BCUT2D eigenvalue weighted by molar-refractivity contribution is 5.89. The van der Waals surface area contributed by atoms with Crippen molar-refractivity contribution in [3.8, 4) is 11.5 Å². The van der Waals surface area contributed by atoms with E-state index in [-0.39, 0.29) is 6.03 Å². The van der Waals surface area contributed by atoms with Crippen molar-refractivity contribution in [3.63, 3.8) is 0 Å². The Hall–Kier alpha value is -2.69. The number of hydrogen-bond acceptors (Lipinski definition) is 3. The predicted octanol–water partition coefficient (Wildman–Crippen LogP) is 5.17. The molecule has 2 rings (SSSR count). The molecule has 2 aromatic carbocycles. The van der Waals surface area contributed by atoms with Crippen LogP contribution in [0.4, 0.5) is 10.5 Å². The average Bonchev–Trinajstić information content (AvgIpc) is 2.66. The SMILES string of the molecule is COc1ccc(NC(=O)N(C)Cc2ccccc2)cc1OCCCC(C)C. The van der Waals surface area contributed by atoms with Gasteiger partial charge in [0.15, 0.2) is 11.5 Å². The van der Waals surface area contributed by atoms with Gasteiger partial charge in [0.2, 0.25) is 0 Å². The van der Waals surface area contributed by atoms with Gasteiger partial charge in [0.1, 0.15) is 0 Å². The molecule has 0 unspecified atom stereocenters. The van der Waals surface area contributed by atoms with Crippen LogP contribution in [-0.2, 0) is 6.54 Å². The van der Waals surface area contributed by atoms with Gasteiger partial charge in [-0.3, -0.25) is 0 Å². The minimum absolute atomic E-state index is 0.172. The number of carbonyl (C=O) groups is 1. The Balaban J connectivity index is 1.96. The van der Waals surface area contributed by atoms with Crippen molar-refractivity contribution >= 4 is 11.7 Å². The van der Waals surface area contributed by atoms with Gasteiger partial charge < -0.3 is 19.7 Å². The van der Waals surface area contributed by atoms with Gasteiger partial charge in [-0.2, -0.15) is 0 Å². The first-order chi connectivity index (χ1) is 13.0. The van der Waals surface area contributed by atoms with E-state index >= 15 is 0 Å². The Morgan fingerprint density at radius 1 is 1.11 bits per heavy atom. The van der Waals surface area contributed by atoms with Crippen LogP contribution in [0.25, 0.3) is 0 Å². The van der Waals surface area contributed by atoms with Crippen molar-refractivity contribution in [2.75, 3.05) is 26.1 Å². The second kappa shape index (κ2) is 10.5. The van der Waals surface area contributed by atoms with E-state index in [2.05, 4.69) is 19.2 Å². The fraction of sp³-hybridized carbons (Fsp3) is 0.409.